The minimum absolute atomic E-state index is 0.0607. The fraction of sp³-hybridized carbons (Fsp3) is 0.500. The first kappa shape index (κ1) is 14.9. The van der Waals surface area contributed by atoms with Crippen LogP contribution in [0.25, 0.3) is 0 Å². The van der Waals surface area contributed by atoms with Crippen molar-refractivity contribution in [2.45, 2.75) is 30.7 Å². The standard InChI is InChI=1S/C12H16BrFN2O2S/c1-8-6-11(14)10(13)7-12(8)19(17,18)16-9-2-4-15-5-3-9/h6-7,9,15-16H,2-5H2,1H3. The maximum absolute atomic E-state index is 13.3. The smallest absolute Gasteiger partial charge is 0.241 e. The summed E-state index contributed by atoms with van der Waals surface area (Å²) in [6.45, 7) is 3.20. The van der Waals surface area contributed by atoms with Gasteiger partial charge < -0.3 is 5.32 Å². The van der Waals surface area contributed by atoms with Gasteiger partial charge in [-0.3, -0.25) is 0 Å². The van der Waals surface area contributed by atoms with E-state index in [0.717, 1.165) is 25.9 Å². The third kappa shape index (κ3) is 3.53. The highest BCUT2D eigenvalue weighted by atomic mass is 79.9. The molecule has 1 fully saturated rings. The Hall–Kier alpha value is -0.500. The van der Waals surface area contributed by atoms with E-state index in [4.69, 9.17) is 0 Å². The second kappa shape index (κ2) is 5.87. The predicted octanol–water partition coefficient (Wildman–Crippen LogP) is 1.93. The van der Waals surface area contributed by atoms with Crippen LogP contribution in [-0.2, 0) is 10.0 Å². The molecule has 1 aliphatic heterocycles. The van der Waals surface area contributed by atoms with Gasteiger partial charge in [-0.2, -0.15) is 0 Å². The van der Waals surface area contributed by atoms with Crippen LogP contribution in [0.5, 0.6) is 0 Å². The third-order valence-corrected chi connectivity index (χ3v) is 5.44. The summed E-state index contributed by atoms with van der Waals surface area (Å²) in [6, 6.07) is 2.48. The minimum atomic E-state index is -3.60. The van der Waals surface area contributed by atoms with Gasteiger partial charge in [0, 0.05) is 6.04 Å². The van der Waals surface area contributed by atoms with E-state index in [1.54, 1.807) is 6.92 Å². The van der Waals surface area contributed by atoms with E-state index in [1.165, 1.54) is 12.1 Å². The lowest BCUT2D eigenvalue weighted by Gasteiger charge is -2.24. The van der Waals surface area contributed by atoms with Crippen molar-refractivity contribution in [3.05, 3.63) is 28.0 Å². The quantitative estimate of drug-likeness (QED) is 0.875. The number of hydrogen-bond acceptors (Lipinski definition) is 3. The van der Waals surface area contributed by atoms with E-state index in [1.807, 2.05) is 0 Å². The lowest BCUT2D eigenvalue weighted by Crippen LogP contribution is -2.42. The normalized spacial score (nSPS) is 17.6. The molecule has 1 saturated heterocycles. The van der Waals surface area contributed by atoms with E-state index in [0.29, 0.717) is 5.56 Å². The molecule has 0 unspecified atom stereocenters. The molecule has 0 spiro atoms. The van der Waals surface area contributed by atoms with Crippen LogP contribution in [0.4, 0.5) is 4.39 Å². The molecule has 0 amide bonds. The summed E-state index contributed by atoms with van der Waals surface area (Å²) in [6.07, 6.45) is 1.53. The van der Waals surface area contributed by atoms with Gasteiger partial charge in [-0.25, -0.2) is 17.5 Å². The van der Waals surface area contributed by atoms with Crippen molar-refractivity contribution in [3.63, 3.8) is 0 Å². The zero-order valence-electron chi connectivity index (χ0n) is 10.5. The lowest BCUT2D eigenvalue weighted by molar-refractivity contribution is 0.427. The fourth-order valence-electron chi connectivity index (χ4n) is 2.14. The van der Waals surface area contributed by atoms with Crippen molar-refractivity contribution < 1.29 is 12.8 Å². The molecular weight excluding hydrogens is 335 g/mol. The van der Waals surface area contributed by atoms with Crippen molar-refractivity contribution in [2.24, 2.45) is 0 Å². The van der Waals surface area contributed by atoms with Gasteiger partial charge in [-0.05, 0) is 66.5 Å². The van der Waals surface area contributed by atoms with E-state index in [9.17, 15) is 12.8 Å². The maximum Gasteiger partial charge on any atom is 0.241 e. The first-order valence-corrected chi connectivity index (χ1v) is 8.36. The van der Waals surface area contributed by atoms with Gasteiger partial charge in [0.25, 0.3) is 0 Å². The summed E-state index contributed by atoms with van der Waals surface area (Å²) < 4.78 is 40.8. The molecule has 1 aliphatic rings. The van der Waals surface area contributed by atoms with Gasteiger partial charge in [0.05, 0.1) is 9.37 Å². The van der Waals surface area contributed by atoms with Crippen LogP contribution in [0.15, 0.2) is 21.5 Å². The number of rotatable bonds is 3. The van der Waals surface area contributed by atoms with Crippen LogP contribution in [0.1, 0.15) is 18.4 Å². The highest BCUT2D eigenvalue weighted by molar-refractivity contribution is 9.10. The highest BCUT2D eigenvalue weighted by Gasteiger charge is 2.24. The fourth-order valence-corrected chi connectivity index (χ4v) is 4.19. The molecule has 1 aromatic carbocycles. The number of sulfonamides is 1. The molecule has 1 heterocycles. The van der Waals surface area contributed by atoms with Crippen LogP contribution >= 0.6 is 15.9 Å². The summed E-state index contributed by atoms with van der Waals surface area (Å²) in [7, 11) is -3.60. The minimum Gasteiger partial charge on any atom is -0.317 e. The van der Waals surface area contributed by atoms with Gasteiger partial charge in [-0.1, -0.05) is 0 Å². The Labute approximate surface area is 121 Å². The predicted molar refractivity (Wildman–Crippen MR) is 75.1 cm³/mol. The van der Waals surface area contributed by atoms with Crippen molar-refractivity contribution in [1.82, 2.24) is 10.0 Å². The first-order valence-electron chi connectivity index (χ1n) is 6.09. The van der Waals surface area contributed by atoms with Crippen LogP contribution in [-0.4, -0.2) is 27.5 Å². The molecule has 0 atom stereocenters. The summed E-state index contributed by atoms with van der Waals surface area (Å²) in [5.74, 6) is -0.460. The molecule has 2 rings (SSSR count). The van der Waals surface area contributed by atoms with E-state index in [-0.39, 0.29) is 15.4 Å². The van der Waals surface area contributed by atoms with E-state index < -0.39 is 15.8 Å². The topological polar surface area (TPSA) is 58.2 Å². The molecule has 106 valence electrons. The van der Waals surface area contributed by atoms with Crippen molar-refractivity contribution in [3.8, 4) is 0 Å². The van der Waals surface area contributed by atoms with E-state index in [2.05, 4.69) is 26.0 Å². The van der Waals surface area contributed by atoms with E-state index >= 15 is 0 Å². The Morgan fingerprint density at radius 3 is 2.63 bits per heavy atom. The Morgan fingerprint density at radius 1 is 1.37 bits per heavy atom. The van der Waals surface area contributed by atoms with Gasteiger partial charge in [-0.15, -0.1) is 0 Å². The number of benzene rings is 1. The molecule has 2 N–H and O–H groups in total. The Morgan fingerprint density at radius 2 is 2.00 bits per heavy atom. The zero-order valence-corrected chi connectivity index (χ0v) is 12.9. The number of piperidine rings is 1. The summed E-state index contributed by atoms with van der Waals surface area (Å²) in [5, 5.41) is 3.18. The first-order chi connectivity index (χ1) is 8.90. The maximum atomic E-state index is 13.3. The molecule has 0 saturated carbocycles. The molecular formula is C12H16BrFN2O2S. The Kier molecular flexibility index (Phi) is 4.60. The number of nitrogens with one attached hydrogen (secondary N) is 2. The molecule has 0 radical (unpaired) electrons. The molecule has 19 heavy (non-hydrogen) atoms. The summed E-state index contributed by atoms with van der Waals surface area (Å²) >= 11 is 3.02. The summed E-state index contributed by atoms with van der Waals surface area (Å²) in [5.41, 5.74) is 0.405. The van der Waals surface area contributed by atoms with Crippen molar-refractivity contribution in [2.75, 3.05) is 13.1 Å². The molecule has 1 aromatic rings. The van der Waals surface area contributed by atoms with Crippen LogP contribution in [0.2, 0.25) is 0 Å². The molecule has 0 aromatic heterocycles. The second-order valence-electron chi connectivity index (χ2n) is 4.68. The average Bonchev–Trinajstić information content (AvgIpc) is 2.34. The number of halogens is 2. The Balaban J connectivity index is 2.26. The van der Waals surface area contributed by atoms with Crippen LogP contribution < -0.4 is 10.0 Å². The van der Waals surface area contributed by atoms with Crippen molar-refractivity contribution >= 4 is 26.0 Å². The van der Waals surface area contributed by atoms with Crippen LogP contribution in [0, 0.1) is 12.7 Å². The Bertz CT molecular complexity index is 571. The van der Waals surface area contributed by atoms with Gasteiger partial charge in [0.2, 0.25) is 10.0 Å². The van der Waals surface area contributed by atoms with Crippen LogP contribution in [0.3, 0.4) is 0 Å². The molecule has 0 bridgehead atoms. The average molecular weight is 351 g/mol. The second-order valence-corrected chi connectivity index (χ2v) is 7.21. The molecule has 0 aliphatic carbocycles. The molecule has 7 heteroatoms. The van der Waals surface area contributed by atoms with Gasteiger partial charge in [0.1, 0.15) is 5.82 Å². The largest absolute Gasteiger partial charge is 0.317 e. The van der Waals surface area contributed by atoms with Gasteiger partial charge in [0.15, 0.2) is 0 Å². The number of hydrogen-bond donors (Lipinski definition) is 2. The number of aryl methyl sites for hydroxylation is 1. The lowest BCUT2D eigenvalue weighted by atomic mass is 10.1. The highest BCUT2D eigenvalue weighted by Crippen LogP contribution is 2.24. The van der Waals surface area contributed by atoms with Crippen molar-refractivity contribution in [1.29, 1.82) is 0 Å². The van der Waals surface area contributed by atoms with Gasteiger partial charge >= 0.3 is 0 Å². The zero-order chi connectivity index (χ0) is 14.0. The monoisotopic (exact) mass is 350 g/mol. The molecule has 4 nitrogen and oxygen atoms in total. The third-order valence-electron chi connectivity index (χ3n) is 3.17. The summed E-state index contributed by atoms with van der Waals surface area (Å²) in [4.78, 5) is 0.124. The SMILES string of the molecule is Cc1cc(F)c(Br)cc1S(=O)(=O)NC1CCNCC1.